The quantitative estimate of drug-likeness (QED) is 0.569. The summed E-state index contributed by atoms with van der Waals surface area (Å²) in [6.07, 6.45) is 4.75. The predicted octanol–water partition coefficient (Wildman–Crippen LogP) is 1.05. The maximum atomic E-state index is 12.1. The predicted molar refractivity (Wildman–Crippen MR) is 101 cm³/mol. The fraction of sp³-hybridized carbons (Fsp3) is 0.222. The lowest BCUT2D eigenvalue weighted by Crippen LogP contribution is -2.18. The summed E-state index contributed by atoms with van der Waals surface area (Å²) in [5, 5.41) is 4.40. The number of anilines is 2. The monoisotopic (exact) mass is 352 g/mol. The summed E-state index contributed by atoms with van der Waals surface area (Å²) in [4.78, 5) is 31.6. The van der Waals surface area contributed by atoms with E-state index >= 15 is 0 Å². The van der Waals surface area contributed by atoms with Crippen LogP contribution in [0.2, 0.25) is 0 Å². The van der Waals surface area contributed by atoms with Crippen molar-refractivity contribution in [1.29, 1.82) is 0 Å². The molecule has 3 heterocycles. The molecule has 26 heavy (non-hydrogen) atoms. The van der Waals surface area contributed by atoms with E-state index in [1.54, 1.807) is 25.4 Å². The van der Waals surface area contributed by atoms with E-state index in [4.69, 9.17) is 11.5 Å². The van der Waals surface area contributed by atoms with Crippen LogP contribution in [0.3, 0.4) is 0 Å². The molecule has 3 aromatic heterocycles. The fourth-order valence-electron chi connectivity index (χ4n) is 2.68. The van der Waals surface area contributed by atoms with Crippen LogP contribution in [0.25, 0.3) is 10.8 Å². The number of fused-ring (bicyclic) bond motifs is 1. The molecule has 0 saturated carbocycles. The lowest BCUT2D eigenvalue weighted by Gasteiger charge is -2.09. The number of nitrogens with two attached hydrogens (primary N) is 2. The number of hydrogen-bond acceptors (Lipinski definition) is 6. The molecular weight excluding hydrogens is 332 g/mol. The van der Waals surface area contributed by atoms with Crippen molar-refractivity contribution in [2.75, 3.05) is 17.6 Å². The highest BCUT2D eigenvalue weighted by Gasteiger charge is 2.08. The number of nitrogens with one attached hydrogen (secondary N) is 1. The Morgan fingerprint density at radius 3 is 2.81 bits per heavy atom. The normalized spacial score (nSPS) is 10.8. The van der Waals surface area contributed by atoms with Crippen LogP contribution < -0.4 is 22.3 Å². The maximum Gasteiger partial charge on any atom is 0.261 e. The molecule has 0 atom stereocenters. The van der Waals surface area contributed by atoms with Gasteiger partial charge in [-0.3, -0.25) is 14.6 Å². The summed E-state index contributed by atoms with van der Waals surface area (Å²) < 4.78 is 1.48. The van der Waals surface area contributed by atoms with E-state index in [2.05, 4.69) is 15.3 Å². The van der Waals surface area contributed by atoms with Crippen LogP contribution in [0.4, 0.5) is 11.6 Å². The van der Waals surface area contributed by atoms with Gasteiger partial charge >= 0.3 is 0 Å². The molecule has 0 aliphatic rings. The molecule has 3 aromatic rings. The highest BCUT2D eigenvalue weighted by atomic mass is 16.1. The van der Waals surface area contributed by atoms with E-state index in [0.29, 0.717) is 23.3 Å². The Morgan fingerprint density at radius 2 is 2.12 bits per heavy atom. The molecule has 1 amide bonds. The van der Waals surface area contributed by atoms with Crippen molar-refractivity contribution in [2.24, 2.45) is 12.8 Å². The number of pyridine rings is 3. The number of rotatable bonds is 6. The fourth-order valence-corrected chi connectivity index (χ4v) is 2.68. The van der Waals surface area contributed by atoms with Crippen molar-refractivity contribution in [2.45, 2.75) is 12.8 Å². The first-order valence-electron chi connectivity index (χ1n) is 8.20. The Balaban J connectivity index is 1.62. The topological polar surface area (TPSA) is 129 Å². The Kier molecular flexibility index (Phi) is 4.83. The van der Waals surface area contributed by atoms with E-state index in [9.17, 15) is 9.59 Å². The molecule has 0 fully saturated rings. The minimum atomic E-state index is -0.486. The largest absolute Gasteiger partial charge is 0.383 e. The molecule has 0 bridgehead atoms. The van der Waals surface area contributed by atoms with E-state index in [-0.39, 0.29) is 11.4 Å². The summed E-state index contributed by atoms with van der Waals surface area (Å²) in [5.41, 5.74) is 12.3. The molecule has 0 aliphatic heterocycles. The summed E-state index contributed by atoms with van der Waals surface area (Å²) in [6, 6.07) is 7.11. The number of nitrogen functional groups attached to an aromatic ring is 1. The molecule has 5 N–H and O–H groups in total. The number of hydrogen-bond donors (Lipinski definition) is 3. The lowest BCUT2D eigenvalue weighted by molar-refractivity contribution is 0.1000. The second kappa shape index (κ2) is 7.22. The molecule has 134 valence electrons. The van der Waals surface area contributed by atoms with E-state index in [1.165, 1.54) is 10.8 Å². The second-order valence-corrected chi connectivity index (χ2v) is 6.02. The summed E-state index contributed by atoms with van der Waals surface area (Å²) in [5.74, 6) is 0.357. The standard InChI is InChI=1S/C18H20N6O2/c1-24-8-6-11-9-14(23-16(19)15(11)18(24)26)21-7-2-3-13-5-4-12(10-22-13)17(20)25/h4-6,8-10H,2-3,7H2,1H3,(H2,20,25)(H3,19,21,23). The van der Waals surface area contributed by atoms with Crippen molar-refractivity contribution in [3.63, 3.8) is 0 Å². The molecular formula is C18H20N6O2. The van der Waals surface area contributed by atoms with Gasteiger partial charge in [0.05, 0.1) is 10.9 Å². The number of nitrogens with zero attached hydrogens (tertiary/aromatic N) is 3. The number of carbonyl (C=O) groups is 1. The van der Waals surface area contributed by atoms with Crippen molar-refractivity contribution >= 4 is 28.3 Å². The SMILES string of the molecule is Cn1ccc2cc(NCCCc3ccc(C(N)=O)cn3)nc(N)c2c1=O. The third-order valence-corrected chi connectivity index (χ3v) is 4.11. The summed E-state index contributed by atoms with van der Waals surface area (Å²) in [6.45, 7) is 0.669. The van der Waals surface area contributed by atoms with Gasteiger partial charge < -0.3 is 21.4 Å². The number of amides is 1. The Morgan fingerprint density at radius 1 is 1.31 bits per heavy atom. The average molecular weight is 352 g/mol. The molecule has 8 heteroatoms. The average Bonchev–Trinajstić information content (AvgIpc) is 2.62. The van der Waals surface area contributed by atoms with Crippen molar-refractivity contribution in [1.82, 2.24) is 14.5 Å². The molecule has 0 unspecified atom stereocenters. The Labute approximate surface area is 149 Å². The molecule has 8 nitrogen and oxygen atoms in total. The minimum Gasteiger partial charge on any atom is -0.383 e. The molecule has 0 saturated heterocycles. The van der Waals surface area contributed by atoms with E-state index in [0.717, 1.165) is 23.9 Å². The summed E-state index contributed by atoms with van der Waals surface area (Å²) >= 11 is 0. The van der Waals surface area contributed by atoms with Crippen molar-refractivity contribution in [3.8, 4) is 0 Å². The van der Waals surface area contributed by atoms with Gasteiger partial charge in [0, 0.05) is 31.7 Å². The number of aryl methyl sites for hydroxylation is 2. The molecule has 3 rings (SSSR count). The maximum absolute atomic E-state index is 12.1. The van der Waals surface area contributed by atoms with Gasteiger partial charge in [0.25, 0.3) is 5.56 Å². The first-order chi connectivity index (χ1) is 12.5. The van der Waals surface area contributed by atoms with Gasteiger partial charge in [0.15, 0.2) is 0 Å². The first-order valence-corrected chi connectivity index (χ1v) is 8.20. The number of primary amides is 1. The van der Waals surface area contributed by atoms with Crippen LogP contribution in [-0.2, 0) is 13.5 Å². The van der Waals surface area contributed by atoms with E-state index in [1.807, 2.05) is 12.1 Å². The Bertz CT molecular complexity index is 1010. The van der Waals surface area contributed by atoms with Gasteiger partial charge in [-0.05, 0) is 42.5 Å². The molecule has 0 aliphatic carbocycles. The minimum absolute atomic E-state index is 0.162. The van der Waals surface area contributed by atoms with Gasteiger partial charge in [-0.2, -0.15) is 0 Å². The van der Waals surface area contributed by atoms with Crippen LogP contribution in [0.15, 0.2) is 41.5 Å². The van der Waals surface area contributed by atoms with Crippen LogP contribution in [-0.4, -0.2) is 27.0 Å². The number of aromatic nitrogens is 3. The molecule has 0 spiro atoms. The van der Waals surface area contributed by atoms with Crippen LogP contribution >= 0.6 is 0 Å². The lowest BCUT2D eigenvalue weighted by atomic mass is 10.2. The highest BCUT2D eigenvalue weighted by Crippen LogP contribution is 2.19. The zero-order chi connectivity index (χ0) is 18.7. The number of carbonyl (C=O) groups excluding carboxylic acids is 1. The molecule has 0 radical (unpaired) electrons. The van der Waals surface area contributed by atoms with Gasteiger partial charge in [0.2, 0.25) is 5.91 Å². The Hall–Kier alpha value is -3.42. The van der Waals surface area contributed by atoms with Gasteiger partial charge in [0.1, 0.15) is 11.6 Å². The first kappa shape index (κ1) is 17.4. The van der Waals surface area contributed by atoms with Crippen molar-refractivity contribution in [3.05, 3.63) is 58.3 Å². The second-order valence-electron chi connectivity index (χ2n) is 6.02. The molecule has 0 aromatic carbocycles. The van der Waals surface area contributed by atoms with Crippen molar-refractivity contribution < 1.29 is 4.79 Å². The van der Waals surface area contributed by atoms with Crippen LogP contribution in [0, 0.1) is 0 Å². The van der Waals surface area contributed by atoms with Crippen LogP contribution in [0.5, 0.6) is 0 Å². The third-order valence-electron chi connectivity index (χ3n) is 4.11. The van der Waals surface area contributed by atoms with E-state index < -0.39 is 5.91 Å². The third kappa shape index (κ3) is 3.64. The van der Waals surface area contributed by atoms with Gasteiger partial charge in [-0.1, -0.05) is 0 Å². The van der Waals surface area contributed by atoms with Crippen LogP contribution in [0.1, 0.15) is 22.5 Å². The smallest absolute Gasteiger partial charge is 0.261 e. The zero-order valence-corrected chi connectivity index (χ0v) is 14.4. The highest BCUT2D eigenvalue weighted by molar-refractivity contribution is 5.92. The van der Waals surface area contributed by atoms with Gasteiger partial charge in [-0.25, -0.2) is 4.98 Å². The zero-order valence-electron chi connectivity index (χ0n) is 14.4. The summed E-state index contributed by atoms with van der Waals surface area (Å²) in [7, 11) is 1.68. The van der Waals surface area contributed by atoms with Gasteiger partial charge in [-0.15, -0.1) is 0 Å².